The second-order valence-corrected chi connectivity index (χ2v) is 11.2. The summed E-state index contributed by atoms with van der Waals surface area (Å²) in [5, 5.41) is 67.5. The van der Waals surface area contributed by atoms with E-state index in [1.165, 1.54) is 12.1 Å². The summed E-state index contributed by atoms with van der Waals surface area (Å²) in [6.45, 7) is 0. The van der Waals surface area contributed by atoms with E-state index in [4.69, 9.17) is 69.5 Å². The van der Waals surface area contributed by atoms with Crippen LogP contribution in [0.3, 0.4) is 0 Å². The maximum atomic E-state index is 10.6. The van der Waals surface area contributed by atoms with Crippen LogP contribution in [0, 0.1) is 0 Å². The Labute approximate surface area is 312 Å². The Morgan fingerprint density at radius 1 is 0.593 bits per heavy atom. The lowest BCUT2D eigenvalue weighted by Crippen LogP contribution is -2.32. The molecule has 0 fully saturated rings. The number of carboxylic acid groups (broad SMARTS) is 7. The molecule has 0 aliphatic carbocycles. The summed E-state index contributed by atoms with van der Waals surface area (Å²) in [5.74, 6) is -7.34. The van der Waals surface area contributed by atoms with Crippen LogP contribution in [0.4, 0.5) is 0 Å². The number of nitrogens with two attached hydrogens (primary N) is 5. The third-order valence-electron chi connectivity index (χ3n) is 6.35. The van der Waals surface area contributed by atoms with Crippen molar-refractivity contribution in [3.63, 3.8) is 0 Å². The number of para-hydroxylation sites is 1. The van der Waals surface area contributed by atoms with Crippen LogP contribution in [0.15, 0.2) is 54.7 Å². The van der Waals surface area contributed by atoms with Crippen molar-refractivity contribution in [2.75, 3.05) is 5.75 Å². The average Bonchev–Trinajstić information content (AvgIpc) is 3.50. The van der Waals surface area contributed by atoms with Gasteiger partial charge in [-0.3, -0.25) is 33.6 Å². The smallest absolute Gasteiger partial charge is 0.321 e. The molecule has 5 atom stereocenters. The van der Waals surface area contributed by atoms with E-state index in [-0.39, 0.29) is 30.8 Å². The number of nitrogens with one attached hydrogen (secondary N) is 1. The SMILES string of the molecule is N[C@@H](CC(=O)O)C(=O)O.N[C@@H](CCC(=O)O)C(=O)O.N[C@@H](CS)C(=O)O.N[C@@H](Cc1c[nH]c2ccccc12)C(=O)O.N[C@@H](Cc1ccc(O)cc1)C(=O)O. The zero-order valence-electron chi connectivity index (χ0n) is 28.6. The minimum atomic E-state index is -1.29. The number of phenolic OH excluding ortho intramolecular Hbond substituents is 1. The molecule has 0 radical (unpaired) electrons. The molecule has 0 saturated carbocycles. The third kappa shape index (κ3) is 23.6. The van der Waals surface area contributed by atoms with Gasteiger partial charge in [-0.2, -0.15) is 12.6 Å². The monoisotopic (exact) mass is 786 g/mol. The van der Waals surface area contributed by atoms with Crippen molar-refractivity contribution in [1.29, 1.82) is 0 Å². The van der Waals surface area contributed by atoms with Crippen LogP contribution in [0.1, 0.15) is 30.4 Å². The van der Waals surface area contributed by atoms with E-state index >= 15 is 0 Å². The van der Waals surface area contributed by atoms with Gasteiger partial charge >= 0.3 is 41.8 Å². The molecule has 0 spiro atoms. The summed E-state index contributed by atoms with van der Waals surface area (Å²) in [5.41, 5.74) is 28.3. The van der Waals surface area contributed by atoms with E-state index in [1.807, 2.05) is 30.5 Å². The largest absolute Gasteiger partial charge is 0.508 e. The summed E-state index contributed by atoms with van der Waals surface area (Å²) in [6.07, 6.45) is 1.68. The van der Waals surface area contributed by atoms with Gasteiger partial charge < -0.3 is 74.5 Å². The van der Waals surface area contributed by atoms with E-state index in [9.17, 15) is 33.6 Å². The molecule has 22 heteroatoms. The van der Waals surface area contributed by atoms with Gasteiger partial charge in [0.1, 0.15) is 36.0 Å². The standard InChI is InChI=1S/C11H12N2O2.C9H11NO3.C5H9NO4.C4H7NO4.C3H7NO2S/c12-9(11(14)15)5-7-6-13-10-4-2-1-3-8(7)10;10-8(9(12)13)5-6-1-3-7(11)4-2-6;6-3(5(9)10)1-2-4(7)8;5-2(4(8)9)1-3(6)7;4-2(1-7)3(5)6/h1-4,6,9,13H,5,12H2,(H,14,15);1-4,8,11H,5,10H2,(H,12,13);3H,1-2,6H2,(H,7,8)(H,9,10);2H,1,5H2,(H,6,7)(H,8,9);2,7H,1,4H2,(H,5,6)/t9-;8-;3-;2*2-/m00000/s1. The predicted octanol–water partition coefficient (Wildman–Crippen LogP) is -1.07. The lowest BCUT2D eigenvalue weighted by molar-refractivity contribution is -0.144. The van der Waals surface area contributed by atoms with Crippen LogP contribution >= 0.6 is 12.6 Å². The number of benzene rings is 2. The molecule has 54 heavy (non-hydrogen) atoms. The molecule has 1 heterocycles. The van der Waals surface area contributed by atoms with Crippen molar-refractivity contribution in [3.8, 4) is 5.75 Å². The van der Waals surface area contributed by atoms with Gasteiger partial charge in [-0.25, -0.2) is 0 Å². The zero-order chi connectivity index (χ0) is 42.1. The van der Waals surface area contributed by atoms with Crippen LogP contribution in [-0.2, 0) is 46.4 Å². The number of rotatable bonds is 15. The molecule has 0 bridgehead atoms. The van der Waals surface area contributed by atoms with Crippen LogP contribution < -0.4 is 28.7 Å². The molecule has 2 aromatic carbocycles. The van der Waals surface area contributed by atoms with Gasteiger partial charge in [0.2, 0.25) is 0 Å². The van der Waals surface area contributed by atoms with Crippen molar-refractivity contribution in [1.82, 2.24) is 4.98 Å². The van der Waals surface area contributed by atoms with Crippen molar-refractivity contribution in [2.24, 2.45) is 28.7 Å². The molecule has 3 rings (SSSR count). The first-order chi connectivity index (χ1) is 25.0. The molecule has 0 saturated heterocycles. The Morgan fingerprint density at radius 3 is 1.44 bits per heavy atom. The Morgan fingerprint density at radius 2 is 1.06 bits per heavy atom. The normalized spacial score (nSPS) is 12.7. The summed E-state index contributed by atoms with van der Waals surface area (Å²) in [6, 6.07) is 9.17. The van der Waals surface area contributed by atoms with Crippen LogP contribution in [0.25, 0.3) is 10.9 Å². The molecular formula is C32H46N6O15S. The number of fused-ring (bicyclic) bond motifs is 1. The number of carboxylic acids is 7. The van der Waals surface area contributed by atoms with Gasteiger partial charge in [0.15, 0.2) is 0 Å². The number of aromatic amines is 1. The number of aromatic nitrogens is 1. The number of carbonyl (C=O) groups is 7. The van der Waals surface area contributed by atoms with Crippen LogP contribution in [0.5, 0.6) is 5.75 Å². The number of aliphatic carboxylic acids is 7. The number of phenols is 1. The van der Waals surface area contributed by atoms with E-state index < -0.39 is 78.4 Å². The van der Waals surface area contributed by atoms with Gasteiger partial charge in [-0.05, 0) is 42.2 Å². The second kappa shape index (κ2) is 26.9. The van der Waals surface area contributed by atoms with Gasteiger partial charge in [-0.15, -0.1) is 0 Å². The Balaban J connectivity index is 0. The molecule has 0 aliphatic rings. The number of H-pyrrole nitrogens is 1. The number of hydrogen-bond donors (Lipinski definition) is 15. The lowest BCUT2D eigenvalue weighted by Gasteiger charge is -2.05. The highest BCUT2D eigenvalue weighted by Gasteiger charge is 2.16. The van der Waals surface area contributed by atoms with Crippen molar-refractivity contribution < 1.29 is 74.4 Å². The molecule has 3 aromatic rings. The van der Waals surface area contributed by atoms with Gasteiger partial charge in [0.25, 0.3) is 0 Å². The molecule has 300 valence electrons. The van der Waals surface area contributed by atoms with Crippen molar-refractivity contribution >= 4 is 65.3 Å². The first-order valence-corrected chi connectivity index (χ1v) is 16.0. The quantitative estimate of drug-likeness (QED) is 0.0815. The minimum Gasteiger partial charge on any atom is -0.508 e. The van der Waals surface area contributed by atoms with E-state index in [0.29, 0.717) is 6.42 Å². The second-order valence-electron chi connectivity index (χ2n) is 10.9. The Hall–Kier alpha value is -5.78. The highest BCUT2D eigenvalue weighted by atomic mass is 32.1. The maximum Gasteiger partial charge on any atom is 0.321 e. The Kier molecular flexibility index (Phi) is 25.1. The molecular weight excluding hydrogens is 740 g/mol. The van der Waals surface area contributed by atoms with Crippen molar-refractivity contribution in [2.45, 2.75) is 62.3 Å². The van der Waals surface area contributed by atoms with E-state index in [1.54, 1.807) is 12.1 Å². The van der Waals surface area contributed by atoms with Gasteiger partial charge in [0.05, 0.1) is 6.42 Å². The summed E-state index contributed by atoms with van der Waals surface area (Å²) in [4.78, 5) is 73.4. The summed E-state index contributed by atoms with van der Waals surface area (Å²) >= 11 is 3.65. The fourth-order valence-electron chi connectivity index (χ4n) is 3.35. The van der Waals surface area contributed by atoms with E-state index in [2.05, 4.69) is 17.6 Å². The van der Waals surface area contributed by atoms with Crippen molar-refractivity contribution in [3.05, 3.63) is 65.9 Å². The maximum absolute atomic E-state index is 10.6. The third-order valence-corrected chi connectivity index (χ3v) is 6.75. The summed E-state index contributed by atoms with van der Waals surface area (Å²) < 4.78 is 0. The minimum absolute atomic E-state index is 0.0231. The average molecular weight is 787 g/mol. The first kappa shape index (κ1) is 50.3. The van der Waals surface area contributed by atoms with Gasteiger partial charge in [-0.1, -0.05) is 30.3 Å². The predicted molar refractivity (Wildman–Crippen MR) is 195 cm³/mol. The highest BCUT2D eigenvalue weighted by Crippen LogP contribution is 2.18. The number of thiol groups is 1. The number of hydrogen-bond acceptors (Lipinski definition) is 14. The fourth-order valence-corrected chi connectivity index (χ4v) is 3.51. The first-order valence-electron chi connectivity index (χ1n) is 15.3. The summed E-state index contributed by atoms with van der Waals surface area (Å²) in [7, 11) is 0. The molecule has 1 aromatic heterocycles. The molecule has 19 N–H and O–H groups in total. The lowest BCUT2D eigenvalue weighted by atomic mass is 10.1. The highest BCUT2D eigenvalue weighted by molar-refractivity contribution is 7.80. The number of aromatic hydroxyl groups is 1. The van der Waals surface area contributed by atoms with E-state index in [0.717, 1.165) is 22.0 Å². The molecule has 0 amide bonds. The molecule has 0 aliphatic heterocycles. The molecule has 0 unspecified atom stereocenters. The Bertz CT molecular complexity index is 1650. The molecule has 21 nitrogen and oxygen atoms in total. The fraction of sp³-hybridized carbons (Fsp3) is 0.344. The zero-order valence-corrected chi connectivity index (χ0v) is 29.5. The van der Waals surface area contributed by atoms with Gasteiger partial charge in [0, 0.05) is 35.7 Å². The topological polar surface area (TPSA) is 427 Å². The van der Waals surface area contributed by atoms with Crippen LogP contribution in [-0.4, -0.2) is 124 Å². The van der Waals surface area contributed by atoms with Crippen LogP contribution in [0.2, 0.25) is 0 Å².